The zero-order chi connectivity index (χ0) is 34.9. The summed E-state index contributed by atoms with van der Waals surface area (Å²) in [6, 6.07) is 4.37. The molecule has 3 aromatic rings. The molecule has 1 atom stereocenters. The summed E-state index contributed by atoms with van der Waals surface area (Å²) in [7, 11) is 1.14. The number of Topliss-reactive ketones (excluding diaryl/α,β-unsaturated/α-hetero) is 1. The van der Waals surface area contributed by atoms with Crippen LogP contribution < -0.4 is 25.6 Å². The van der Waals surface area contributed by atoms with Gasteiger partial charge in [-0.15, -0.1) is 0 Å². The molecule has 2 aliphatic heterocycles. The molecule has 1 aromatic carbocycles. The summed E-state index contributed by atoms with van der Waals surface area (Å²) >= 11 is 3.58. The quantitative estimate of drug-likeness (QED) is 0.187. The smallest absolute Gasteiger partial charge is 0.229 e. The molecule has 1 unspecified atom stereocenters. The molecule has 0 spiro atoms. The third-order valence-corrected chi connectivity index (χ3v) is 12.0. The van der Waals surface area contributed by atoms with Gasteiger partial charge in [-0.05, 0) is 94.0 Å². The van der Waals surface area contributed by atoms with Crippen LogP contribution in [0.1, 0.15) is 54.7 Å². The number of ketones is 1. The lowest BCUT2D eigenvalue weighted by Gasteiger charge is -2.39. The molecule has 3 aliphatic rings. The van der Waals surface area contributed by atoms with Gasteiger partial charge < -0.3 is 29.7 Å². The third-order valence-electron chi connectivity index (χ3n) is 9.83. The number of nitrogens with zero attached hydrogens (tertiary/aromatic N) is 6. The number of benzene rings is 1. The Morgan fingerprint density at radius 3 is 2.51 bits per heavy atom. The average Bonchev–Trinajstić information content (AvgIpc) is 3.29. The molecule has 4 heterocycles. The van der Waals surface area contributed by atoms with Crippen molar-refractivity contribution in [2.75, 3.05) is 82.3 Å². The highest BCUT2D eigenvalue weighted by Gasteiger charge is 2.29. The van der Waals surface area contributed by atoms with Crippen molar-refractivity contribution in [2.24, 2.45) is 5.92 Å². The molecule has 0 saturated carbocycles. The lowest BCUT2D eigenvalue weighted by atomic mass is 9.94. The topological polar surface area (TPSA) is 116 Å². The first kappa shape index (κ1) is 35.5. The van der Waals surface area contributed by atoms with Crippen molar-refractivity contribution in [3.8, 4) is 5.75 Å². The van der Waals surface area contributed by atoms with E-state index >= 15 is 0 Å². The molecule has 2 N–H and O–H groups in total. The van der Waals surface area contributed by atoms with E-state index in [1.165, 1.54) is 6.42 Å². The van der Waals surface area contributed by atoms with E-state index in [4.69, 9.17) is 14.7 Å². The first-order valence-electron chi connectivity index (χ1n) is 17.1. The number of nitrogens with one attached hydrogen (secondary N) is 2. The van der Waals surface area contributed by atoms with Crippen molar-refractivity contribution in [1.29, 1.82) is 0 Å². The van der Waals surface area contributed by atoms with Crippen LogP contribution in [0.4, 0.5) is 28.8 Å². The van der Waals surface area contributed by atoms with E-state index in [-0.39, 0.29) is 5.78 Å². The van der Waals surface area contributed by atoms with E-state index in [1.54, 1.807) is 39.8 Å². The number of aromatic nitrogens is 3. The van der Waals surface area contributed by atoms with E-state index in [2.05, 4.69) is 66.3 Å². The lowest BCUT2D eigenvalue weighted by Crippen LogP contribution is -2.46. The number of carbonyl (C=O) groups excluding carboxylic acids is 1. The van der Waals surface area contributed by atoms with E-state index in [1.807, 2.05) is 18.2 Å². The fourth-order valence-corrected chi connectivity index (χ4v) is 9.01. The van der Waals surface area contributed by atoms with E-state index in [0.717, 1.165) is 80.8 Å². The van der Waals surface area contributed by atoms with Crippen molar-refractivity contribution in [1.82, 2.24) is 24.8 Å². The molecule has 11 nitrogen and oxygen atoms in total. The second-order valence-corrected chi connectivity index (χ2v) is 18.0. The van der Waals surface area contributed by atoms with E-state index < -0.39 is 7.14 Å². The molecule has 1 aliphatic carbocycles. The Hall–Kier alpha value is -3.31. The van der Waals surface area contributed by atoms with E-state index in [9.17, 15) is 9.36 Å². The van der Waals surface area contributed by atoms with Gasteiger partial charge in [-0.3, -0.25) is 14.7 Å². The normalized spacial score (nSPS) is 19.3. The lowest BCUT2D eigenvalue weighted by molar-refractivity contribution is 0.101. The summed E-state index contributed by atoms with van der Waals surface area (Å²) in [6.07, 6.45) is 11.7. The summed E-state index contributed by atoms with van der Waals surface area (Å²) in [6.45, 7) is 13.6. The monoisotopic (exact) mass is 750 g/mol. The summed E-state index contributed by atoms with van der Waals surface area (Å²) in [5.41, 5.74) is 4.63. The molecule has 49 heavy (non-hydrogen) atoms. The maximum Gasteiger partial charge on any atom is 0.229 e. The zero-order valence-corrected chi connectivity index (χ0v) is 31.9. The Kier molecular flexibility index (Phi) is 10.8. The maximum atomic E-state index is 13.6. The van der Waals surface area contributed by atoms with Crippen LogP contribution in [0.5, 0.6) is 5.75 Å². The summed E-state index contributed by atoms with van der Waals surface area (Å²) in [4.78, 5) is 34.4. The molecule has 2 aromatic heterocycles. The van der Waals surface area contributed by atoms with Crippen LogP contribution in [0.15, 0.2) is 35.1 Å². The molecule has 6 rings (SSSR count). The van der Waals surface area contributed by atoms with Crippen LogP contribution in [0.25, 0.3) is 6.08 Å². The molecule has 0 amide bonds. The number of halogens is 1. The van der Waals surface area contributed by atoms with Crippen LogP contribution in [0.2, 0.25) is 0 Å². The van der Waals surface area contributed by atoms with Crippen molar-refractivity contribution < 1.29 is 14.1 Å². The highest BCUT2D eigenvalue weighted by atomic mass is 79.9. The minimum atomic E-state index is -2.70. The Balaban J connectivity index is 1.24. The van der Waals surface area contributed by atoms with Gasteiger partial charge in [0.15, 0.2) is 5.78 Å². The summed E-state index contributed by atoms with van der Waals surface area (Å²) < 4.78 is 20.1. The van der Waals surface area contributed by atoms with Crippen LogP contribution in [-0.4, -0.2) is 103 Å². The minimum Gasteiger partial charge on any atom is -0.494 e. The zero-order valence-electron chi connectivity index (χ0n) is 29.4. The maximum absolute atomic E-state index is 13.6. The predicted molar refractivity (Wildman–Crippen MR) is 203 cm³/mol. The number of allylic oxidation sites excluding steroid dienone is 1. The Bertz CT molecular complexity index is 1790. The number of methoxy groups -OCH3 is 1. The number of ether oxygens (including phenoxy) is 1. The molecule has 13 heteroatoms. The fraction of sp³-hybridized carbons (Fsp3) is 0.500. The Morgan fingerprint density at radius 1 is 1.02 bits per heavy atom. The number of rotatable bonds is 9. The van der Waals surface area contributed by atoms with Gasteiger partial charge >= 0.3 is 0 Å². The van der Waals surface area contributed by atoms with Crippen LogP contribution in [0.3, 0.4) is 0 Å². The Labute approximate surface area is 298 Å². The fourth-order valence-electron chi connectivity index (χ4n) is 7.24. The molecular formula is C36H48BrN8O3P. The Morgan fingerprint density at radius 2 is 1.80 bits per heavy atom. The van der Waals surface area contributed by atoms with Gasteiger partial charge in [0, 0.05) is 66.6 Å². The van der Waals surface area contributed by atoms with Crippen molar-refractivity contribution in [3.63, 3.8) is 0 Å². The molecule has 0 radical (unpaired) electrons. The standard InChI is InChI=1S/C36H48BrN8O3P/c1-23-8-9-26-29(18-23)38-22-31(34(26)49(5,6)47)40-35-28(37)21-39-36(42-35)41-30-19-27(24(2)46)32(20-33(30)48-4)45-14-10-25(11-15-45)44-13-7-12-43(3)16-17-44/h8-9,19-23,25H,7,10-18H2,1-6H3,(H2,39,40,41,42). The van der Waals surface area contributed by atoms with Gasteiger partial charge in [0.2, 0.25) is 5.95 Å². The first-order chi connectivity index (χ1) is 23.4. The third kappa shape index (κ3) is 8.03. The van der Waals surface area contributed by atoms with Gasteiger partial charge in [-0.1, -0.05) is 19.1 Å². The van der Waals surface area contributed by atoms with Gasteiger partial charge in [0.1, 0.15) is 18.7 Å². The summed E-state index contributed by atoms with van der Waals surface area (Å²) in [5, 5.41) is 7.42. The average molecular weight is 752 g/mol. The SMILES string of the molecule is COc1cc(N2CCC(N3CCCN(C)CC3)CC2)c(C(C)=O)cc1Nc1ncc(Br)c(Nc2cnc3c(c2P(C)(C)=O)C=CC(C)C3)n1. The number of pyridine rings is 1. The molecule has 262 valence electrons. The van der Waals surface area contributed by atoms with Crippen LogP contribution in [-0.2, 0) is 11.0 Å². The number of anilines is 5. The predicted octanol–water partition coefficient (Wildman–Crippen LogP) is 6.39. The van der Waals surface area contributed by atoms with E-state index in [0.29, 0.717) is 50.9 Å². The number of hydrogen-bond donors (Lipinski definition) is 2. The van der Waals surface area contributed by atoms with Gasteiger partial charge in [0.05, 0.1) is 34.8 Å². The van der Waals surface area contributed by atoms with Gasteiger partial charge in [-0.25, -0.2) is 4.98 Å². The number of likely N-dealkylation sites (N-methyl/N-ethyl adjacent to an activating group) is 1. The second-order valence-electron chi connectivity index (χ2n) is 13.9. The van der Waals surface area contributed by atoms with Gasteiger partial charge in [0.25, 0.3) is 0 Å². The molecule has 2 saturated heterocycles. The minimum absolute atomic E-state index is 0.0168. The first-order valence-corrected chi connectivity index (χ1v) is 20.5. The van der Waals surface area contributed by atoms with Crippen molar-refractivity contribution in [3.05, 3.63) is 51.9 Å². The highest BCUT2D eigenvalue weighted by Crippen LogP contribution is 2.43. The number of fused-ring (bicyclic) bond motifs is 1. The number of hydrogen-bond acceptors (Lipinski definition) is 11. The second kappa shape index (κ2) is 14.9. The largest absolute Gasteiger partial charge is 0.494 e. The van der Waals surface area contributed by atoms with Crippen molar-refractivity contribution >= 4 is 69.1 Å². The van der Waals surface area contributed by atoms with Crippen molar-refractivity contribution in [2.45, 2.75) is 45.6 Å². The number of carbonyl (C=O) groups is 1. The van der Waals surface area contributed by atoms with Gasteiger partial charge in [-0.2, -0.15) is 4.98 Å². The number of piperidine rings is 1. The highest BCUT2D eigenvalue weighted by molar-refractivity contribution is 9.10. The van der Waals surface area contributed by atoms with Crippen LogP contribution >= 0.6 is 23.1 Å². The molecular weight excluding hydrogens is 703 g/mol. The molecule has 2 fully saturated rings. The summed E-state index contributed by atoms with van der Waals surface area (Å²) in [5.74, 6) is 1.76. The molecule has 0 bridgehead atoms. The van der Waals surface area contributed by atoms with Crippen LogP contribution in [0, 0.1) is 5.92 Å².